The van der Waals surface area contributed by atoms with Gasteiger partial charge < -0.3 is 16.2 Å². The minimum atomic E-state index is -4.59. The van der Waals surface area contributed by atoms with Gasteiger partial charge in [-0.15, -0.1) is 0 Å². The van der Waals surface area contributed by atoms with Crippen LogP contribution in [-0.2, 0) is 6.18 Å². The van der Waals surface area contributed by atoms with Crippen LogP contribution < -0.4 is 11.1 Å². The Labute approximate surface area is 102 Å². The fourth-order valence-electron chi connectivity index (χ4n) is 1.11. The molecular formula is C10H15F3N4O. The van der Waals surface area contributed by atoms with E-state index in [9.17, 15) is 18.3 Å². The van der Waals surface area contributed by atoms with Crippen LogP contribution in [0.5, 0.6) is 0 Å². The average Bonchev–Trinajstić information content (AvgIpc) is 2.13. The summed E-state index contributed by atoms with van der Waals surface area (Å²) in [4.78, 5) is 6.78. The highest BCUT2D eigenvalue weighted by Crippen LogP contribution is 2.30. The van der Waals surface area contributed by atoms with Gasteiger partial charge in [-0.2, -0.15) is 18.2 Å². The van der Waals surface area contributed by atoms with Gasteiger partial charge in [-0.1, -0.05) is 0 Å². The molecule has 8 heteroatoms. The number of aromatic nitrogens is 2. The highest BCUT2D eigenvalue weighted by Gasteiger charge is 2.34. The van der Waals surface area contributed by atoms with Crippen molar-refractivity contribution in [2.45, 2.75) is 38.6 Å². The first-order valence-electron chi connectivity index (χ1n) is 5.20. The van der Waals surface area contributed by atoms with Gasteiger partial charge in [-0.25, -0.2) is 4.98 Å². The van der Waals surface area contributed by atoms with Crippen LogP contribution in [0.4, 0.5) is 24.9 Å². The summed E-state index contributed by atoms with van der Waals surface area (Å²) >= 11 is 0. The Kier molecular flexibility index (Phi) is 3.70. The Bertz CT molecular complexity index is 432. The third-order valence-corrected chi connectivity index (χ3v) is 2.53. The molecule has 1 heterocycles. The van der Waals surface area contributed by atoms with Gasteiger partial charge in [0, 0.05) is 6.07 Å². The summed E-state index contributed by atoms with van der Waals surface area (Å²) in [5, 5.41) is 12.2. The topological polar surface area (TPSA) is 84.1 Å². The fourth-order valence-corrected chi connectivity index (χ4v) is 1.11. The molecular weight excluding hydrogens is 249 g/mol. The maximum atomic E-state index is 12.5. The highest BCUT2D eigenvalue weighted by molar-refractivity contribution is 5.43. The Balaban J connectivity index is 3.08. The van der Waals surface area contributed by atoms with Gasteiger partial charge >= 0.3 is 6.18 Å². The minimum Gasteiger partial charge on any atom is -0.391 e. The molecule has 0 amide bonds. The minimum absolute atomic E-state index is 0.0827. The van der Waals surface area contributed by atoms with Crippen molar-refractivity contribution in [2.75, 3.05) is 11.1 Å². The number of nitrogens with one attached hydrogen (secondary N) is 1. The quantitative estimate of drug-likeness (QED) is 0.773. The second-order valence-corrected chi connectivity index (χ2v) is 4.52. The van der Waals surface area contributed by atoms with E-state index < -0.39 is 29.5 Å². The lowest BCUT2D eigenvalue weighted by molar-refractivity contribution is -0.141. The summed E-state index contributed by atoms with van der Waals surface area (Å²) < 4.78 is 37.5. The molecule has 0 aliphatic carbocycles. The van der Waals surface area contributed by atoms with Crippen LogP contribution in [0, 0.1) is 0 Å². The molecule has 1 unspecified atom stereocenters. The van der Waals surface area contributed by atoms with Crippen molar-refractivity contribution in [1.82, 2.24) is 9.97 Å². The van der Waals surface area contributed by atoms with E-state index in [1.165, 1.54) is 6.92 Å². The normalized spacial score (nSPS) is 14.4. The van der Waals surface area contributed by atoms with Gasteiger partial charge in [0.05, 0.1) is 11.6 Å². The van der Waals surface area contributed by atoms with Crippen LogP contribution in [0.15, 0.2) is 6.07 Å². The first-order chi connectivity index (χ1) is 8.02. The predicted molar refractivity (Wildman–Crippen MR) is 60.8 cm³/mol. The largest absolute Gasteiger partial charge is 0.433 e. The van der Waals surface area contributed by atoms with Crippen molar-refractivity contribution in [3.63, 3.8) is 0 Å². The van der Waals surface area contributed by atoms with Crippen LogP contribution in [0.2, 0.25) is 0 Å². The zero-order valence-electron chi connectivity index (χ0n) is 10.2. The third kappa shape index (κ3) is 3.46. The number of hydrogen-bond acceptors (Lipinski definition) is 5. The van der Waals surface area contributed by atoms with Crippen molar-refractivity contribution < 1.29 is 18.3 Å². The molecule has 0 aromatic carbocycles. The SMILES string of the molecule is CC(O)C(C)(C)Nc1cc(C(F)(F)F)nc(N)n1. The number of halogens is 3. The number of aliphatic hydroxyl groups excluding tert-OH is 1. The molecule has 4 N–H and O–H groups in total. The van der Waals surface area contributed by atoms with Crippen LogP contribution in [0.25, 0.3) is 0 Å². The van der Waals surface area contributed by atoms with Gasteiger partial charge in [0.1, 0.15) is 5.82 Å². The lowest BCUT2D eigenvalue weighted by Crippen LogP contribution is -2.42. The summed E-state index contributed by atoms with van der Waals surface area (Å²) in [6, 6.07) is 0.750. The van der Waals surface area contributed by atoms with E-state index in [1.807, 2.05) is 0 Å². The smallest absolute Gasteiger partial charge is 0.391 e. The summed E-state index contributed by atoms with van der Waals surface area (Å²) in [7, 11) is 0. The van der Waals surface area contributed by atoms with Gasteiger partial charge in [0.25, 0.3) is 0 Å². The van der Waals surface area contributed by atoms with Gasteiger partial charge in [-0.3, -0.25) is 0 Å². The Morgan fingerprint density at radius 2 is 1.89 bits per heavy atom. The van der Waals surface area contributed by atoms with Crippen LogP contribution in [0.3, 0.4) is 0 Å². The number of aliphatic hydroxyl groups is 1. The molecule has 1 rings (SSSR count). The molecule has 18 heavy (non-hydrogen) atoms. The number of nitrogen functional groups attached to an aromatic ring is 1. The number of hydrogen-bond donors (Lipinski definition) is 3. The number of nitrogens with zero attached hydrogens (tertiary/aromatic N) is 2. The van der Waals surface area contributed by atoms with E-state index in [0.29, 0.717) is 0 Å². The van der Waals surface area contributed by atoms with Crippen LogP contribution in [0.1, 0.15) is 26.5 Å². The second kappa shape index (κ2) is 4.60. The number of anilines is 2. The molecule has 1 atom stereocenters. The lowest BCUT2D eigenvalue weighted by atomic mass is 9.99. The van der Waals surface area contributed by atoms with E-state index in [-0.39, 0.29) is 5.82 Å². The maximum absolute atomic E-state index is 12.5. The first kappa shape index (κ1) is 14.5. The standard InChI is InChI=1S/C10H15F3N4O/c1-5(18)9(2,3)17-7-4-6(10(11,12)13)15-8(14)16-7/h4-5,18H,1-3H3,(H3,14,15,16,17). The molecule has 102 valence electrons. The monoisotopic (exact) mass is 264 g/mol. The average molecular weight is 264 g/mol. The van der Waals surface area contributed by atoms with Gasteiger partial charge in [-0.05, 0) is 20.8 Å². The van der Waals surface area contributed by atoms with E-state index in [0.717, 1.165) is 6.07 Å². The highest BCUT2D eigenvalue weighted by atomic mass is 19.4. The summed E-state index contributed by atoms with van der Waals surface area (Å²) in [5.41, 5.74) is 3.26. The summed E-state index contributed by atoms with van der Waals surface area (Å²) in [5.74, 6) is -0.561. The molecule has 5 nitrogen and oxygen atoms in total. The van der Waals surface area contributed by atoms with E-state index in [4.69, 9.17) is 5.73 Å². The van der Waals surface area contributed by atoms with Crippen molar-refractivity contribution in [3.8, 4) is 0 Å². The van der Waals surface area contributed by atoms with E-state index in [1.54, 1.807) is 13.8 Å². The number of rotatable bonds is 3. The van der Waals surface area contributed by atoms with Gasteiger partial charge in [0.2, 0.25) is 5.95 Å². The lowest BCUT2D eigenvalue weighted by Gasteiger charge is -2.30. The molecule has 0 radical (unpaired) electrons. The predicted octanol–water partition coefficient (Wildman–Crippen LogP) is 1.65. The maximum Gasteiger partial charge on any atom is 0.433 e. The number of nitrogens with two attached hydrogens (primary N) is 1. The van der Waals surface area contributed by atoms with Crippen LogP contribution in [-0.4, -0.2) is 26.7 Å². The van der Waals surface area contributed by atoms with E-state index >= 15 is 0 Å². The molecule has 1 aromatic rings. The van der Waals surface area contributed by atoms with Crippen molar-refractivity contribution in [2.24, 2.45) is 0 Å². The molecule has 0 saturated heterocycles. The molecule has 0 spiro atoms. The van der Waals surface area contributed by atoms with Crippen molar-refractivity contribution in [3.05, 3.63) is 11.8 Å². The Morgan fingerprint density at radius 3 is 2.33 bits per heavy atom. The summed E-state index contributed by atoms with van der Waals surface area (Å²) in [6.45, 7) is 4.77. The van der Waals surface area contributed by atoms with Gasteiger partial charge in [0.15, 0.2) is 5.69 Å². The van der Waals surface area contributed by atoms with Crippen molar-refractivity contribution >= 4 is 11.8 Å². The molecule has 0 aliphatic heterocycles. The van der Waals surface area contributed by atoms with E-state index in [2.05, 4.69) is 15.3 Å². The Hall–Kier alpha value is -1.57. The van der Waals surface area contributed by atoms with Crippen molar-refractivity contribution in [1.29, 1.82) is 0 Å². The molecule has 0 bridgehead atoms. The third-order valence-electron chi connectivity index (χ3n) is 2.53. The molecule has 0 fully saturated rings. The zero-order valence-corrected chi connectivity index (χ0v) is 10.2. The zero-order chi connectivity index (χ0) is 14.1. The van der Waals surface area contributed by atoms with Crippen LogP contribution >= 0.6 is 0 Å². The Morgan fingerprint density at radius 1 is 1.33 bits per heavy atom. The summed E-state index contributed by atoms with van der Waals surface area (Å²) in [6.07, 6.45) is -5.38. The molecule has 1 aromatic heterocycles. The molecule has 0 saturated carbocycles. The fraction of sp³-hybridized carbons (Fsp3) is 0.600. The molecule has 0 aliphatic rings. The first-order valence-corrected chi connectivity index (χ1v) is 5.20. The number of alkyl halides is 3. The second-order valence-electron chi connectivity index (χ2n) is 4.52.